The van der Waals surface area contributed by atoms with Gasteiger partial charge >= 0.3 is 6.03 Å². The third-order valence-electron chi connectivity index (χ3n) is 6.72. The van der Waals surface area contributed by atoms with Gasteiger partial charge in [0.25, 0.3) is 0 Å². The first-order valence-electron chi connectivity index (χ1n) is 11.4. The lowest BCUT2D eigenvalue weighted by atomic mass is 9.94. The average Bonchev–Trinajstić information content (AvgIpc) is 3.21. The van der Waals surface area contributed by atoms with Gasteiger partial charge in [-0.25, -0.2) is 13.2 Å². The van der Waals surface area contributed by atoms with Crippen LogP contribution in [-0.2, 0) is 16.4 Å². The van der Waals surface area contributed by atoms with Crippen molar-refractivity contribution in [2.24, 2.45) is 0 Å². The van der Waals surface area contributed by atoms with Gasteiger partial charge in [0.15, 0.2) is 0 Å². The van der Waals surface area contributed by atoms with Crippen LogP contribution in [0.15, 0.2) is 23.1 Å². The van der Waals surface area contributed by atoms with Crippen molar-refractivity contribution >= 4 is 21.7 Å². The maximum absolute atomic E-state index is 13.2. The Morgan fingerprint density at radius 1 is 1.07 bits per heavy atom. The minimum Gasteiger partial charge on any atom is -0.338 e. The Morgan fingerprint density at radius 3 is 2.50 bits per heavy atom. The van der Waals surface area contributed by atoms with Crippen LogP contribution in [-0.4, -0.2) is 69.0 Å². The maximum Gasteiger partial charge on any atom is 0.321 e. The van der Waals surface area contributed by atoms with Gasteiger partial charge in [0.05, 0.1) is 4.90 Å². The Labute approximate surface area is 180 Å². The highest BCUT2D eigenvalue weighted by Gasteiger charge is 2.33. The number of hydrogen-bond acceptors (Lipinski definition) is 4. The quantitative estimate of drug-likeness (QED) is 0.773. The van der Waals surface area contributed by atoms with Crippen LogP contribution in [0.3, 0.4) is 0 Å². The molecule has 2 heterocycles. The van der Waals surface area contributed by atoms with Gasteiger partial charge in [-0.15, -0.1) is 0 Å². The fourth-order valence-corrected chi connectivity index (χ4v) is 6.45. The molecule has 1 aliphatic carbocycles. The van der Waals surface area contributed by atoms with E-state index in [4.69, 9.17) is 0 Å². The summed E-state index contributed by atoms with van der Waals surface area (Å²) in [7, 11) is -3.50. The summed E-state index contributed by atoms with van der Waals surface area (Å²) in [4.78, 5) is 16.9. The van der Waals surface area contributed by atoms with E-state index in [1.165, 1.54) is 32.1 Å². The molecule has 2 aliphatic heterocycles. The summed E-state index contributed by atoms with van der Waals surface area (Å²) in [6, 6.07) is 5.75. The molecule has 1 aromatic carbocycles. The topological polar surface area (TPSA) is 73.0 Å². The van der Waals surface area contributed by atoms with Gasteiger partial charge in [0.2, 0.25) is 10.0 Å². The molecule has 1 saturated heterocycles. The van der Waals surface area contributed by atoms with Crippen molar-refractivity contribution in [1.82, 2.24) is 14.5 Å². The fraction of sp³-hybridized carbons (Fsp3) is 0.682. The lowest BCUT2D eigenvalue weighted by Crippen LogP contribution is -2.52. The Hall–Kier alpha value is -1.64. The van der Waals surface area contributed by atoms with Crippen molar-refractivity contribution in [2.45, 2.75) is 62.8 Å². The van der Waals surface area contributed by atoms with Crippen LogP contribution < -0.4 is 10.2 Å². The van der Waals surface area contributed by atoms with E-state index in [-0.39, 0.29) is 6.03 Å². The third kappa shape index (κ3) is 4.36. The van der Waals surface area contributed by atoms with Gasteiger partial charge < -0.3 is 5.32 Å². The molecule has 0 aromatic heterocycles. The highest BCUT2D eigenvalue weighted by Crippen LogP contribution is 2.32. The second-order valence-corrected chi connectivity index (χ2v) is 10.6. The zero-order valence-electron chi connectivity index (χ0n) is 18.0. The van der Waals surface area contributed by atoms with E-state index in [1.54, 1.807) is 27.4 Å². The van der Waals surface area contributed by atoms with Gasteiger partial charge in [-0.05, 0) is 49.4 Å². The van der Waals surface area contributed by atoms with E-state index < -0.39 is 10.0 Å². The number of anilines is 1. The van der Waals surface area contributed by atoms with Gasteiger partial charge in [-0.1, -0.05) is 26.2 Å². The highest BCUT2D eigenvalue weighted by molar-refractivity contribution is 7.89. The zero-order valence-corrected chi connectivity index (χ0v) is 18.8. The van der Waals surface area contributed by atoms with Crippen molar-refractivity contribution in [1.29, 1.82) is 0 Å². The number of hydrogen-bond donors (Lipinski definition) is 1. The van der Waals surface area contributed by atoms with Crippen molar-refractivity contribution in [3.63, 3.8) is 0 Å². The van der Waals surface area contributed by atoms with E-state index in [9.17, 15) is 13.2 Å². The molecule has 4 rings (SSSR count). The number of amides is 2. The Balaban J connectivity index is 1.42. The Morgan fingerprint density at radius 2 is 1.80 bits per heavy atom. The second-order valence-electron chi connectivity index (χ2n) is 8.66. The summed E-state index contributed by atoms with van der Waals surface area (Å²) in [5.41, 5.74) is 1.76. The van der Waals surface area contributed by atoms with E-state index >= 15 is 0 Å². The summed E-state index contributed by atoms with van der Waals surface area (Å²) in [6.45, 7) is 6.01. The number of urea groups is 1. The highest BCUT2D eigenvalue weighted by atomic mass is 32.2. The van der Waals surface area contributed by atoms with E-state index in [0.717, 1.165) is 30.8 Å². The van der Waals surface area contributed by atoms with Crippen LogP contribution in [0.5, 0.6) is 0 Å². The van der Waals surface area contributed by atoms with Crippen LogP contribution in [0.25, 0.3) is 0 Å². The summed E-state index contributed by atoms with van der Waals surface area (Å²) < 4.78 is 28.1. The summed E-state index contributed by atoms with van der Waals surface area (Å²) >= 11 is 0. The summed E-state index contributed by atoms with van der Waals surface area (Å²) in [5, 5.41) is 2.90. The number of carbonyl (C=O) groups is 1. The number of nitrogens with one attached hydrogen (secondary N) is 1. The predicted octanol–water partition coefficient (Wildman–Crippen LogP) is 2.81. The second kappa shape index (κ2) is 9.24. The average molecular weight is 435 g/mol. The van der Waals surface area contributed by atoms with E-state index in [2.05, 4.69) is 10.2 Å². The lowest BCUT2D eigenvalue weighted by molar-refractivity contribution is 0.111. The molecule has 0 bridgehead atoms. The monoisotopic (exact) mass is 434 g/mol. The summed E-state index contributed by atoms with van der Waals surface area (Å²) in [5.74, 6) is 0. The zero-order chi connectivity index (χ0) is 21.1. The molecule has 7 nitrogen and oxygen atoms in total. The number of carbonyl (C=O) groups excluding carboxylic acids is 1. The van der Waals surface area contributed by atoms with Crippen LogP contribution in [0, 0.1) is 0 Å². The van der Waals surface area contributed by atoms with Crippen LogP contribution >= 0.6 is 0 Å². The van der Waals surface area contributed by atoms with Crippen molar-refractivity contribution in [3.05, 3.63) is 23.8 Å². The van der Waals surface area contributed by atoms with Gasteiger partial charge in [0, 0.05) is 51.0 Å². The Kier molecular flexibility index (Phi) is 6.65. The molecule has 0 radical (unpaired) electrons. The molecule has 8 heteroatoms. The molecule has 2 amide bonds. The van der Waals surface area contributed by atoms with E-state index in [1.807, 2.05) is 6.92 Å². The van der Waals surface area contributed by atoms with Gasteiger partial charge in [0.1, 0.15) is 0 Å². The minimum absolute atomic E-state index is 0.106. The molecular formula is C22H34N4O3S. The number of piperazine rings is 1. The number of benzene rings is 1. The first-order chi connectivity index (χ1) is 14.5. The number of nitrogens with zero attached hydrogens (tertiary/aromatic N) is 3. The number of rotatable bonds is 5. The molecule has 2 fully saturated rings. The standard InChI is InChI=1S/C22H34N4O3S/c1-2-11-23-22(27)26-12-10-18-17-20(8-9-21(18)26)30(28,29)25-15-13-24(14-16-25)19-6-4-3-5-7-19/h8-9,17,19H,2-7,10-16H2,1H3,(H,23,27). The van der Waals surface area contributed by atoms with Gasteiger partial charge in [-0.2, -0.15) is 4.31 Å². The van der Waals surface area contributed by atoms with Crippen molar-refractivity contribution in [3.8, 4) is 0 Å². The Bertz CT molecular complexity index is 859. The van der Waals surface area contributed by atoms with Gasteiger partial charge in [-0.3, -0.25) is 9.80 Å². The first kappa shape index (κ1) is 21.6. The molecular weight excluding hydrogens is 400 g/mol. The number of sulfonamides is 1. The maximum atomic E-state index is 13.2. The molecule has 1 saturated carbocycles. The normalized spacial score (nSPS) is 21.6. The molecule has 166 valence electrons. The fourth-order valence-electron chi connectivity index (χ4n) is 4.98. The predicted molar refractivity (Wildman–Crippen MR) is 118 cm³/mol. The smallest absolute Gasteiger partial charge is 0.321 e. The molecule has 0 unspecified atom stereocenters. The van der Waals surface area contributed by atoms with Crippen molar-refractivity contribution in [2.75, 3.05) is 44.2 Å². The van der Waals surface area contributed by atoms with E-state index in [0.29, 0.717) is 43.5 Å². The molecule has 1 aromatic rings. The molecule has 30 heavy (non-hydrogen) atoms. The molecule has 1 N–H and O–H groups in total. The SMILES string of the molecule is CCCNC(=O)N1CCc2cc(S(=O)(=O)N3CCN(C4CCCCC4)CC3)ccc21. The number of fused-ring (bicyclic) bond motifs is 1. The molecule has 0 spiro atoms. The molecule has 3 aliphatic rings. The minimum atomic E-state index is -3.50. The van der Waals surface area contributed by atoms with Crippen molar-refractivity contribution < 1.29 is 13.2 Å². The lowest BCUT2D eigenvalue weighted by Gasteiger charge is -2.40. The third-order valence-corrected chi connectivity index (χ3v) is 8.61. The molecule has 0 atom stereocenters. The first-order valence-corrected chi connectivity index (χ1v) is 12.9. The van der Waals surface area contributed by atoms with Crippen LogP contribution in [0.1, 0.15) is 51.0 Å². The summed E-state index contributed by atoms with van der Waals surface area (Å²) in [6.07, 6.45) is 8.00. The largest absolute Gasteiger partial charge is 0.338 e. The van der Waals surface area contributed by atoms with Crippen LogP contribution in [0.4, 0.5) is 10.5 Å². The van der Waals surface area contributed by atoms with Crippen LogP contribution in [0.2, 0.25) is 0 Å².